The highest BCUT2D eigenvalue weighted by Crippen LogP contribution is 2.21. The van der Waals surface area contributed by atoms with E-state index in [-0.39, 0.29) is 0 Å². The van der Waals surface area contributed by atoms with Crippen molar-refractivity contribution in [2.75, 3.05) is 0 Å². The Morgan fingerprint density at radius 1 is 1.59 bits per heavy atom. The van der Waals surface area contributed by atoms with E-state index in [1.54, 1.807) is 23.1 Å². The Bertz CT molecular complexity index is 571. The predicted octanol–water partition coefficient (Wildman–Crippen LogP) is 2.04. The number of aromatic carboxylic acids is 1. The van der Waals surface area contributed by atoms with E-state index in [9.17, 15) is 4.79 Å². The molecule has 0 aliphatic heterocycles. The number of hydrogen-bond acceptors (Lipinski definition) is 2. The molecule has 0 atom stereocenters. The molecule has 17 heavy (non-hydrogen) atoms. The lowest BCUT2D eigenvalue weighted by molar-refractivity contribution is 0.0697. The van der Waals surface area contributed by atoms with Gasteiger partial charge in [-0.1, -0.05) is 0 Å². The van der Waals surface area contributed by atoms with E-state index in [0.717, 1.165) is 15.9 Å². The summed E-state index contributed by atoms with van der Waals surface area (Å²) in [6.07, 6.45) is 3.36. The number of carbonyl (C=O) groups is 1. The van der Waals surface area contributed by atoms with Crippen LogP contribution < -0.4 is 0 Å². The van der Waals surface area contributed by atoms with Crippen LogP contribution in [0.4, 0.5) is 0 Å². The predicted molar refractivity (Wildman–Crippen MR) is 66.1 cm³/mol. The molecule has 0 bridgehead atoms. The molecule has 2 heterocycles. The van der Waals surface area contributed by atoms with Gasteiger partial charge in [0, 0.05) is 19.4 Å². The first kappa shape index (κ1) is 11.9. The minimum Gasteiger partial charge on any atom is -0.478 e. The molecule has 0 aliphatic rings. The summed E-state index contributed by atoms with van der Waals surface area (Å²) in [6.45, 7) is 2.51. The average molecular weight is 298 g/mol. The van der Waals surface area contributed by atoms with Gasteiger partial charge in [-0.3, -0.25) is 4.68 Å². The number of aromatic nitrogens is 3. The highest BCUT2D eigenvalue weighted by atomic mass is 79.9. The van der Waals surface area contributed by atoms with Gasteiger partial charge in [0.05, 0.1) is 28.0 Å². The van der Waals surface area contributed by atoms with E-state index in [4.69, 9.17) is 5.11 Å². The summed E-state index contributed by atoms with van der Waals surface area (Å²) in [5, 5.41) is 13.1. The fourth-order valence-electron chi connectivity index (χ4n) is 1.69. The summed E-state index contributed by atoms with van der Waals surface area (Å²) in [5.74, 6) is -0.913. The van der Waals surface area contributed by atoms with Crippen LogP contribution in [0.5, 0.6) is 0 Å². The van der Waals surface area contributed by atoms with Crippen LogP contribution in [0.3, 0.4) is 0 Å². The minimum absolute atomic E-state index is 0.292. The zero-order chi connectivity index (χ0) is 12.6. The summed E-state index contributed by atoms with van der Waals surface area (Å²) < 4.78 is 4.58. The van der Waals surface area contributed by atoms with Gasteiger partial charge in [-0.05, 0) is 28.9 Å². The van der Waals surface area contributed by atoms with Gasteiger partial charge in [-0.25, -0.2) is 4.79 Å². The number of carboxylic acid groups (broad SMARTS) is 1. The summed E-state index contributed by atoms with van der Waals surface area (Å²) in [6, 6.07) is 1.58. The third-order valence-electron chi connectivity index (χ3n) is 2.59. The highest BCUT2D eigenvalue weighted by molar-refractivity contribution is 9.10. The first-order valence-electron chi connectivity index (χ1n) is 5.06. The number of halogens is 1. The summed E-state index contributed by atoms with van der Waals surface area (Å²) in [4.78, 5) is 10.8. The van der Waals surface area contributed by atoms with Gasteiger partial charge in [0.25, 0.3) is 0 Å². The van der Waals surface area contributed by atoms with E-state index in [0.29, 0.717) is 12.1 Å². The standard InChI is InChI=1S/C11H12BrN3O2/c1-7-10(12)9(14(2)13-7)6-15-4-3-8(5-15)11(16)17/h3-5H,6H2,1-2H3,(H,16,17). The smallest absolute Gasteiger partial charge is 0.337 e. The molecule has 0 unspecified atom stereocenters. The second-order valence-corrected chi connectivity index (χ2v) is 4.64. The third-order valence-corrected chi connectivity index (χ3v) is 3.62. The van der Waals surface area contributed by atoms with Crippen LogP contribution in [0.2, 0.25) is 0 Å². The molecule has 90 valence electrons. The summed E-state index contributed by atoms with van der Waals surface area (Å²) in [7, 11) is 1.87. The van der Waals surface area contributed by atoms with Gasteiger partial charge in [0.15, 0.2) is 0 Å². The second kappa shape index (κ2) is 4.37. The molecule has 0 aromatic carbocycles. The zero-order valence-corrected chi connectivity index (χ0v) is 11.1. The molecule has 2 aromatic heterocycles. The van der Waals surface area contributed by atoms with Crippen LogP contribution in [0, 0.1) is 6.92 Å². The first-order valence-corrected chi connectivity index (χ1v) is 5.85. The van der Waals surface area contributed by atoms with Crippen molar-refractivity contribution in [3.05, 3.63) is 39.9 Å². The highest BCUT2D eigenvalue weighted by Gasteiger charge is 2.12. The van der Waals surface area contributed by atoms with Crippen molar-refractivity contribution in [3.63, 3.8) is 0 Å². The van der Waals surface area contributed by atoms with Crippen molar-refractivity contribution in [1.82, 2.24) is 14.3 Å². The Labute approximate surface area is 107 Å². The maximum atomic E-state index is 10.8. The molecule has 0 fully saturated rings. The fraction of sp³-hybridized carbons (Fsp3) is 0.273. The molecular weight excluding hydrogens is 286 g/mol. The SMILES string of the molecule is Cc1nn(C)c(Cn2ccc(C(=O)O)c2)c1Br. The minimum atomic E-state index is -0.913. The monoisotopic (exact) mass is 297 g/mol. The largest absolute Gasteiger partial charge is 0.478 e. The van der Waals surface area contributed by atoms with Crippen molar-refractivity contribution in [1.29, 1.82) is 0 Å². The molecule has 5 nitrogen and oxygen atoms in total. The molecule has 0 amide bonds. The van der Waals surface area contributed by atoms with E-state index in [1.807, 2.05) is 18.5 Å². The normalized spacial score (nSPS) is 10.8. The Kier molecular flexibility index (Phi) is 3.06. The number of aryl methyl sites for hydroxylation is 2. The van der Waals surface area contributed by atoms with E-state index < -0.39 is 5.97 Å². The topological polar surface area (TPSA) is 60.0 Å². The summed E-state index contributed by atoms with van der Waals surface area (Å²) >= 11 is 3.48. The molecule has 0 saturated heterocycles. The fourth-order valence-corrected chi connectivity index (χ4v) is 2.15. The van der Waals surface area contributed by atoms with Gasteiger partial charge in [-0.2, -0.15) is 5.10 Å². The Morgan fingerprint density at radius 3 is 2.76 bits per heavy atom. The lowest BCUT2D eigenvalue weighted by Gasteiger charge is -2.04. The molecule has 0 spiro atoms. The van der Waals surface area contributed by atoms with E-state index in [1.165, 1.54) is 0 Å². The maximum absolute atomic E-state index is 10.8. The lowest BCUT2D eigenvalue weighted by atomic mass is 10.3. The van der Waals surface area contributed by atoms with E-state index >= 15 is 0 Å². The average Bonchev–Trinajstić information content (AvgIpc) is 2.80. The number of rotatable bonds is 3. The molecular formula is C11H12BrN3O2. The Balaban J connectivity index is 2.28. The van der Waals surface area contributed by atoms with Crippen molar-refractivity contribution in [2.24, 2.45) is 7.05 Å². The summed E-state index contributed by atoms with van der Waals surface area (Å²) in [5.41, 5.74) is 2.23. The van der Waals surface area contributed by atoms with Crippen LogP contribution in [0.25, 0.3) is 0 Å². The number of nitrogens with zero attached hydrogens (tertiary/aromatic N) is 3. The quantitative estimate of drug-likeness (QED) is 0.943. The van der Waals surface area contributed by atoms with Gasteiger partial charge in [-0.15, -0.1) is 0 Å². The lowest BCUT2D eigenvalue weighted by Crippen LogP contribution is -2.04. The Morgan fingerprint density at radius 2 is 2.29 bits per heavy atom. The van der Waals surface area contributed by atoms with Gasteiger partial charge >= 0.3 is 5.97 Å². The van der Waals surface area contributed by atoms with Crippen molar-refractivity contribution < 1.29 is 9.90 Å². The van der Waals surface area contributed by atoms with Crippen molar-refractivity contribution in [3.8, 4) is 0 Å². The van der Waals surface area contributed by atoms with Crippen LogP contribution in [-0.2, 0) is 13.6 Å². The van der Waals surface area contributed by atoms with Crippen LogP contribution in [0.15, 0.2) is 22.9 Å². The molecule has 0 radical (unpaired) electrons. The number of carboxylic acids is 1. The van der Waals surface area contributed by atoms with Crippen molar-refractivity contribution in [2.45, 2.75) is 13.5 Å². The van der Waals surface area contributed by atoms with Crippen LogP contribution in [0.1, 0.15) is 21.7 Å². The Hall–Kier alpha value is -1.56. The molecule has 1 N–H and O–H groups in total. The van der Waals surface area contributed by atoms with Crippen LogP contribution in [-0.4, -0.2) is 25.4 Å². The van der Waals surface area contributed by atoms with Gasteiger partial charge in [0.1, 0.15) is 0 Å². The van der Waals surface area contributed by atoms with E-state index in [2.05, 4.69) is 21.0 Å². The first-order chi connectivity index (χ1) is 7.99. The molecule has 0 aliphatic carbocycles. The maximum Gasteiger partial charge on any atom is 0.337 e. The third kappa shape index (κ3) is 2.26. The van der Waals surface area contributed by atoms with Gasteiger partial charge in [0.2, 0.25) is 0 Å². The van der Waals surface area contributed by atoms with Gasteiger partial charge < -0.3 is 9.67 Å². The van der Waals surface area contributed by atoms with Crippen LogP contribution >= 0.6 is 15.9 Å². The zero-order valence-electron chi connectivity index (χ0n) is 9.51. The van der Waals surface area contributed by atoms with Crippen molar-refractivity contribution >= 4 is 21.9 Å². The second-order valence-electron chi connectivity index (χ2n) is 3.85. The molecule has 2 aromatic rings. The molecule has 2 rings (SSSR count). The molecule has 6 heteroatoms. The molecule has 0 saturated carbocycles. The number of hydrogen-bond donors (Lipinski definition) is 1.